The zero-order valence-electron chi connectivity index (χ0n) is 12.9. The number of rotatable bonds is 2. The monoisotopic (exact) mass is 246 g/mol. The first-order valence-electron chi connectivity index (χ1n) is 7.39. The van der Waals surface area contributed by atoms with Crippen molar-refractivity contribution in [3.05, 3.63) is 0 Å². The van der Waals surface area contributed by atoms with Gasteiger partial charge in [0.15, 0.2) is 0 Å². The van der Waals surface area contributed by atoms with Gasteiger partial charge in [-0.1, -0.05) is 34.6 Å². The van der Waals surface area contributed by atoms with E-state index in [9.17, 15) is 0 Å². The summed E-state index contributed by atoms with van der Waals surface area (Å²) in [7, 11) is 1.76. The van der Waals surface area contributed by atoms with E-state index in [-0.39, 0.29) is 0 Å². The lowest BCUT2D eigenvalue weighted by molar-refractivity contribution is 0.0716. The highest BCUT2D eigenvalue weighted by Gasteiger charge is 2.19. The van der Waals surface area contributed by atoms with E-state index >= 15 is 0 Å². The summed E-state index contributed by atoms with van der Waals surface area (Å²) in [6.07, 6.45) is 5.32. The van der Waals surface area contributed by atoms with Crippen LogP contribution in [0.2, 0.25) is 0 Å². The molecule has 1 aliphatic heterocycles. The van der Waals surface area contributed by atoms with Gasteiger partial charge >= 0.3 is 0 Å². The lowest BCUT2D eigenvalue weighted by Crippen LogP contribution is -2.12. The molecule has 0 N–H and O–H groups in total. The van der Waals surface area contributed by atoms with Gasteiger partial charge in [0.05, 0.1) is 0 Å². The molecule has 0 aromatic rings. The molecule has 1 saturated heterocycles. The summed E-state index contributed by atoms with van der Waals surface area (Å²) in [5.41, 5.74) is 0. The van der Waals surface area contributed by atoms with Crippen LogP contribution in [0.4, 0.5) is 0 Å². The fourth-order valence-corrected chi connectivity index (χ4v) is 1.34. The largest absolute Gasteiger partial charge is 0.384 e. The van der Waals surface area contributed by atoms with Crippen molar-refractivity contribution in [3.63, 3.8) is 0 Å². The second-order valence-corrected chi connectivity index (χ2v) is 4.19. The van der Waals surface area contributed by atoms with Gasteiger partial charge in [0, 0.05) is 26.9 Å². The second kappa shape index (κ2) is 15.9. The Labute approximate surface area is 109 Å². The summed E-state index contributed by atoms with van der Waals surface area (Å²) in [5, 5.41) is 0. The van der Waals surface area contributed by atoms with Crippen LogP contribution in [0.3, 0.4) is 0 Å². The average Bonchev–Trinajstić information content (AvgIpc) is 3.21. The lowest BCUT2D eigenvalue weighted by atomic mass is 10.0. The third-order valence-corrected chi connectivity index (χ3v) is 2.61. The van der Waals surface area contributed by atoms with Crippen LogP contribution in [0.25, 0.3) is 0 Å². The highest BCUT2D eigenvalue weighted by molar-refractivity contribution is 4.71. The van der Waals surface area contributed by atoms with E-state index in [1.807, 2.05) is 27.7 Å². The molecule has 0 spiro atoms. The van der Waals surface area contributed by atoms with Gasteiger partial charge in [0.25, 0.3) is 0 Å². The van der Waals surface area contributed by atoms with Gasteiger partial charge in [-0.25, -0.2) is 0 Å². The highest BCUT2D eigenvalue weighted by atomic mass is 16.5. The van der Waals surface area contributed by atoms with Gasteiger partial charge in [-0.05, 0) is 37.5 Å². The maximum atomic E-state index is 5.14. The molecule has 2 nitrogen and oxygen atoms in total. The fraction of sp³-hybridized carbons (Fsp3) is 1.00. The minimum absolute atomic E-state index is 0.911. The smallest absolute Gasteiger partial charge is 0.0490 e. The van der Waals surface area contributed by atoms with E-state index in [0.29, 0.717) is 0 Å². The molecule has 2 heteroatoms. The Balaban J connectivity index is 0. The highest BCUT2D eigenvalue weighted by Crippen LogP contribution is 2.28. The summed E-state index contributed by atoms with van der Waals surface area (Å²) in [4.78, 5) is 0. The molecule has 0 unspecified atom stereocenters. The molecule has 0 aromatic heterocycles. The number of ether oxygens (including phenoxy) is 2. The van der Waals surface area contributed by atoms with Gasteiger partial charge in [-0.15, -0.1) is 0 Å². The van der Waals surface area contributed by atoms with Crippen LogP contribution in [0.15, 0.2) is 0 Å². The normalized spacial score (nSPS) is 18.7. The minimum atomic E-state index is 0.911. The van der Waals surface area contributed by atoms with Crippen LogP contribution in [0, 0.1) is 11.8 Å². The zero-order chi connectivity index (χ0) is 13.5. The van der Waals surface area contributed by atoms with Crippen molar-refractivity contribution < 1.29 is 9.47 Å². The first kappa shape index (κ1) is 19.3. The van der Waals surface area contributed by atoms with Crippen LogP contribution in [-0.2, 0) is 9.47 Å². The number of methoxy groups -OCH3 is 1. The molecular formula is C15H34O2. The van der Waals surface area contributed by atoms with Crippen molar-refractivity contribution in [2.45, 2.75) is 60.3 Å². The molecule has 106 valence electrons. The third-order valence-electron chi connectivity index (χ3n) is 2.61. The lowest BCUT2D eigenvalue weighted by Gasteiger charge is -2.16. The molecule has 2 rings (SSSR count). The standard InChI is InChI=1S/C6H12O.C5H10O.2C2H6/c1-6-2-4-7-5-3-6;1-6-4-5-2-3-5;2*1-2/h6H,2-5H2,1H3;5H,2-4H2,1H3;2*1-2H3. The van der Waals surface area contributed by atoms with Crippen molar-refractivity contribution in [1.29, 1.82) is 0 Å². The molecule has 0 bridgehead atoms. The van der Waals surface area contributed by atoms with Gasteiger partial charge in [0.1, 0.15) is 0 Å². The van der Waals surface area contributed by atoms with E-state index < -0.39 is 0 Å². The first-order valence-corrected chi connectivity index (χ1v) is 7.39. The van der Waals surface area contributed by atoms with Crippen molar-refractivity contribution in [3.8, 4) is 0 Å². The Morgan fingerprint density at radius 3 is 1.59 bits per heavy atom. The van der Waals surface area contributed by atoms with E-state index in [2.05, 4.69) is 6.92 Å². The molecule has 17 heavy (non-hydrogen) atoms. The van der Waals surface area contributed by atoms with Crippen molar-refractivity contribution >= 4 is 0 Å². The molecular weight excluding hydrogens is 212 g/mol. The molecule has 1 heterocycles. The van der Waals surface area contributed by atoms with Crippen LogP contribution in [0.5, 0.6) is 0 Å². The van der Waals surface area contributed by atoms with E-state index in [4.69, 9.17) is 9.47 Å². The summed E-state index contributed by atoms with van der Waals surface area (Å²) in [6.45, 7) is 13.2. The van der Waals surface area contributed by atoms with Gasteiger partial charge in [0.2, 0.25) is 0 Å². The Morgan fingerprint density at radius 2 is 1.41 bits per heavy atom. The Bertz CT molecular complexity index is 116. The summed E-state index contributed by atoms with van der Waals surface area (Å²) >= 11 is 0. The third kappa shape index (κ3) is 15.9. The van der Waals surface area contributed by atoms with Crippen molar-refractivity contribution in [2.24, 2.45) is 11.8 Å². The Hall–Kier alpha value is -0.0800. The van der Waals surface area contributed by atoms with E-state index in [1.165, 1.54) is 25.7 Å². The summed E-state index contributed by atoms with van der Waals surface area (Å²) in [5.74, 6) is 1.84. The molecule has 2 fully saturated rings. The van der Waals surface area contributed by atoms with Crippen LogP contribution in [-0.4, -0.2) is 26.9 Å². The molecule has 1 saturated carbocycles. The fourth-order valence-electron chi connectivity index (χ4n) is 1.34. The molecule has 0 radical (unpaired) electrons. The van der Waals surface area contributed by atoms with Gasteiger partial charge < -0.3 is 9.47 Å². The molecule has 0 amide bonds. The maximum Gasteiger partial charge on any atom is 0.0490 e. The number of hydrogen-bond acceptors (Lipinski definition) is 2. The van der Waals surface area contributed by atoms with Crippen LogP contribution in [0.1, 0.15) is 60.3 Å². The van der Waals surface area contributed by atoms with Crippen LogP contribution < -0.4 is 0 Å². The van der Waals surface area contributed by atoms with E-state index in [1.54, 1.807) is 7.11 Å². The molecule has 0 atom stereocenters. The number of hydrogen-bond donors (Lipinski definition) is 0. The van der Waals surface area contributed by atoms with Gasteiger partial charge in [-0.2, -0.15) is 0 Å². The molecule has 0 aromatic carbocycles. The second-order valence-electron chi connectivity index (χ2n) is 4.19. The maximum absolute atomic E-state index is 5.14. The van der Waals surface area contributed by atoms with Crippen LogP contribution >= 0.6 is 0 Å². The average molecular weight is 246 g/mol. The topological polar surface area (TPSA) is 18.5 Å². The molecule has 2 aliphatic rings. The zero-order valence-corrected chi connectivity index (χ0v) is 12.9. The minimum Gasteiger partial charge on any atom is -0.384 e. The summed E-state index contributed by atoms with van der Waals surface area (Å²) < 4.78 is 10.0. The molecule has 1 aliphatic carbocycles. The first-order chi connectivity index (χ1) is 8.33. The van der Waals surface area contributed by atoms with Crippen molar-refractivity contribution in [1.82, 2.24) is 0 Å². The predicted molar refractivity (Wildman–Crippen MR) is 76.5 cm³/mol. The Kier molecular flexibility index (Phi) is 18.0. The Morgan fingerprint density at radius 1 is 0.941 bits per heavy atom. The quantitative estimate of drug-likeness (QED) is 0.713. The predicted octanol–water partition coefficient (Wildman–Crippen LogP) is 4.53. The van der Waals surface area contributed by atoms with Gasteiger partial charge in [-0.3, -0.25) is 0 Å². The van der Waals surface area contributed by atoms with E-state index in [0.717, 1.165) is 31.7 Å². The van der Waals surface area contributed by atoms with Crippen molar-refractivity contribution in [2.75, 3.05) is 26.9 Å². The SMILES string of the molecule is CC.CC.CC1CCOCC1.COCC1CC1. The summed E-state index contributed by atoms with van der Waals surface area (Å²) in [6, 6.07) is 0.